The zero-order valence-electron chi connectivity index (χ0n) is 14.0. The molecule has 3 nitrogen and oxygen atoms in total. The summed E-state index contributed by atoms with van der Waals surface area (Å²) in [5.41, 5.74) is 8.68. The Labute approximate surface area is 142 Å². The number of halogens is 1. The van der Waals surface area contributed by atoms with E-state index in [-0.39, 0.29) is 5.82 Å². The van der Waals surface area contributed by atoms with Gasteiger partial charge in [0.05, 0.1) is 18.1 Å². The SMILES string of the molecule is C=CCCCCc1c(C2CCC2)ccc(-c2cnc(N)cn2)c1F. The molecule has 1 aliphatic carbocycles. The first-order valence-corrected chi connectivity index (χ1v) is 8.70. The summed E-state index contributed by atoms with van der Waals surface area (Å²) in [7, 11) is 0. The molecule has 1 aliphatic rings. The van der Waals surface area contributed by atoms with Gasteiger partial charge < -0.3 is 5.73 Å². The number of aromatic nitrogens is 2. The van der Waals surface area contributed by atoms with Gasteiger partial charge in [-0.05, 0) is 61.6 Å². The van der Waals surface area contributed by atoms with Crippen molar-refractivity contribution in [2.75, 3.05) is 5.73 Å². The first-order chi connectivity index (χ1) is 11.7. The lowest BCUT2D eigenvalue weighted by Crippen LogP contribution is -2.13. The summed E-state index contributed by atoms with van der Waals surface area (Å²) < 4.78 is 15.2. The molecular weight excluding hydrogens is 301 g/mol. The van der Waals surface area contributed by atoms with Crippen LogP contribution in [0.4, 0.5) is 10.2 Å². The zero-order valence-corrected chi connectivity index (χ0v) is 14.0. The molecule has 2 N–H and O–H groups in total. The third-order valence-corrected chi connectivity index (χ3v) is 4.86. The summed E-state index contributed by atoms with van der Waals surface area (Å²) in [6.07, 6.45) is 12.3. The largest absolute Gasteiger partial charge is 0.382 e. The van der Waals surface area contributed by atoms with Crippen molar-refractivity contribution in [2.24, 2.45) is 0 Å². The Kier molecular flexibility index (Phi) is 5.24. The van der Waals surface area contributed by atoms with Crippen LogP contribution in [0, 0.1) is 5.82 Å². The van der Waals surface area contributed by atoms with Crippen LogP contribution in [0.15, 0.2) is 37.2 Å². The lowest BCUT2D eigenvalue weighted by atomic mass is 9.77. The van der Waals surface area contributed by atoms with Gasteiger partial charge in [0, 0.05) is 5.56 Å². The van der Waals surface area contributed by atoms with E-state index in [0.717, 1.165) is 31.2 Å². The highest BCUT2D eigenvalue weighted by Crippen LogP contribution is 2.40. The summed E-state index contributed by atoms with van der Waals surface area (Å²) in [5, 5.41) is 0. The Morgan fingerprint density at radius 2 is 2.04 bits per heavy atom. The van der Waals surface area contributed by atoms with Crippen LogP contribution < -0.4 is 5.73 Å². The molecule has 24 heavy (non-hydrogen) atoms. The second-order valence-corrected chi connectivity index (χ2v) is 6.48. The van der Waals surface area contributed by atoms with Crippen LogP contribution in [0.2, 0.25) is 0 Å². The van der Waals surface area contributed by atoms with E-state index in [2.05, 4.69) is 22.6 Å². The summed E-state index contributed by atoms with van der Waals surface area (Å²) in [4.78, 5) is 8.26. The highest BCUT2D eigenvalue weighted by atomic mass is 19.1. The van der Waals surface area contributed by atoms with Gasteiger partial charge in [0.15, 0.2) is 0 Å². The Morgan fingerprint density at radius 1 is 1.21 bits per heavy atom. The second kappa shape index (κ2) is 7.56. The number of hydrogen-bond donors (Lipinski definition) is 1. The molecule has 0 unspecified atom stereocenters. The van der Waals surface area contributed by atoms with Crippen LogP contribution in [0.3, 0.4) is 0 Å². The van der Waals surface area contributed by atoms with E-state index in [1.54, 1.807) is 0 Å². The first kappa shape index (κ1) is 16.6. The third kappa shape index (κ3) is 3.48. The van der Waals surface area contributed by atoms with Gasteiger partial charge in [0.1, 0.15) is 11.6 Å². The van der Waals surface area contributed by atoms with E-state index in [4.69, 9.17) is 5.73 Å². The van der Waals surface area contributed by atoms with Crippen molar-refractivity contribution in [3.63, 3.8) is 0 Å². The van der Waals surface area contributed by atoms with Gasteiger partial charge in [0.25, 0.3) is 0 Å². The fourth-order valence-electron chi connectivity index (χ4n) is 3.26. The van der Waals surface area contributed by atoms with Gasteiger partial charge in [-0.25, -0.2) is 9.37 Å². The quantitative estimate of drug-likeness (QED) is 0.573. The molecule has 1 aromatic carbocycles. The monoisotopic (exact) mass is 325 g/mol. The smallest absolute Gasteiger partial charge is 0.141 e. The number of nitrogen functional groups attached to an aromatic ring is 1. The fraction of sp³-hybridized carbons (Fsp3) is 0.400. The molecular formula is C20H24FN3. The minimum Gasteiger partial charge on any atom is -0.382 e. The minimum absolute atomic E-state index is 0.142. The van der Waals surface area contributed by atoms with E-state index >= 15 is 4.39 Å². The molecule has 0 spiro atoms. The highest BCUT2D eigenvalue weighted by Gasteiger charge is 2.25. The molecule has 126 valence electrons. The molecule has 0 saturated heterocycles. The van der Waals surface area contributed by atoms with Crippen molar-refractivity contribution in [2.45, 2.75) is 50.9 Å². The van der Waals surface area contributed by atoms with Crippen LogP contribution in [-0.2, 0) is 6.42 Å². The average molecular weight is 325 g/mol. The number of unbranched alkanes of at least 4 members (excludes halogenated alkanes) is 2. The number of hydrogen-bond acceptors (Lipinski definition) is 3. The lowest BCUT2D eigenvalue weighted by molar-refractivity contribution is 0.414. The standard InChI is InChI=1S/C20H24FN3/c1-2-3-4-5-9-16-15(14-7-6-8-14)10-11-17(20(16)21)18-12-24-19(22)13-23-18/h2,10-14H,1,3-9H2,(H2,22,24). The van der Waals surface area contributed by atoms with Gasteiger partial charge >= 0.3 is 0 Å². The first-order valence-electron chi connectivity index (χ1n) is 8.70. The lowest BCUT2D eigenvalue weighted by Gasteiger charge is -2.28. The van der Waals surface area contributed by atoms with Crippen LogP contribution in [0.1, 0.15) is 55.6 Å². The van der Waals surface area contributed by atoms with Gasteiger partial charge in [-0.1, -0.05) is 18.6 Å². The summed E-state index contributed by atoms with van der Waals surface area (Å²) in [6.45, 7) is 3.75. The molecule has 1 saturated carbocycles. The molecule has 1 aromatic heterocycles. The molecule has 1 heterocycles. The number of benzene rings is 1. The summed E-state index contributed by atoms with van der Waals surface area (Å²) >= 11 is 0. The predicted molar refractivity (Wildman–Crippen MR) is 96.2 cm³/mol. The number of rotatable bonds is 7. The van der Waals surface area contributed by atoms with Crippen molar-refractivity contribution < 1.29 is 4.39 Å². The molecule has 1 fully saturated rings. The Morgan fingerprint density at radius 3 is 2.67 bits per heavy atom. The van der Waals surface area contributed by atoms with E-state index in [1.807, 2.05) is 12.1 Å². The number of allylic oxidation sites excluding steroid dienone is 1. The van der Waals surface area contributed by atoms with Gasteiger partial charge in [-0.3, -0.25) is 4.98 Å². The number of nitrogens with two attached hydrogens (primary N) is 1. The maximum Gasteiger partial charge on any atom is 0.141 e. The average Bonchev–Trinajstić information content (AvgIpc) is 2.53. The van der Waals surface area contributed by atoms with Crippen LogP contribution in [0.5, 0.6) is 0 Å². The van der Waals surface area contributed by atoms with E-state index < -0.39 is 0 Å². The van der Waals surface area contributed by atoms with Crippen molar-refractivity contribution in [3.8, 4) is 11.3 Å². The van der Waals surface area contributed by atoms with Gasteiger partial charge in [-0.2, -0.15) is 0 Å². The second-order valence-electron chi connectivity index (χ2n) is 6.48. The summed E-state index contributed by atoms with van der Waals surface area (Å²) in [6, 6.07) is 3.93. The maximum atomic E-state index is 15.2. The van der Waals surface area contributed by atoms with Gasteiger partial charge in [0.2, 0.25) is 0 Å². The molecule has 0 atom stereocenters. The van der Waals surface area contributed by atoms with E-state index in [1.165, 1.54) is 37.2 Å². The molecule has 3 rings (SSSR count). The Hall–Kier alpha value is -2.23. The Balaban J connectivity index is 1.93. The number of nitrogens with zero attached hydrogens (tertiary/aromatic N) is 2. The van der Waals surface area contributed by atoms with Gasteiger partial charge in [-0.15, -0.1) is 6.58 Å². The van der Waals surface area contributed by atoms with Crippen LogP contribution in [-0.4, -0.2) is 9.97 Å². The van der Waals surface area contributed by atoms with Crippen molar-refractivity contribution in [3.05, 3.63) is 54.1 Å². The van der Waals surface area contributed by atoms with Crippen LogP contribution >= 0.6 is 0 Å². The summed E-state index contributed by atoms with van der Waals surface area (Å²) in [5.74, 6) is 0.715. The Bertz CT molecular complexity index is 706. The maximum absolute atomic E-state index is 15.2. The molecule has 0 amide bonds. The highest BCUT2D eigenvalue weighted by molar-refractivity contribution is 5.62. The van der Waals surface area contributed by atoms with E-state index in [0.29, 0.717) is 23.0 Å². The molecule has 2 aromatic rings. The molecule has 0 aliphatic heterocycles. The number of anilines is 1. The van der Waals surface area contributed by atoms with Crippen molar-refractivity contribution in [1.82, 2.24) is 9.97 Å². The predicted octanol–water partition coefficient (Wildman–Crippen LogP) is 5.03. The normalized spacial score (nSPS) is 14.4. The third-order valence-electron chi connectivity index (χ3n) is 4.86. The molecule has 4 heteroatoms. The van der Waals surface area contributed by atoms with Crippen LogP contribution in [0.25, 0.3) is 11.3 Å². The molecule has 0 radical (unpaired) electrons. The van der Waals surface area contributed by atoms with Crippen molar-refractivity contribution >= 4 is 5.82 Å². The van der Waals surface area contributed by atoms with Crippen molar-refractivity contribution in [1.29, 1.82) is 0 Å². The van der Waals surface area contributed by atoms with E-state index in [9.17, 15) is 0 Å². The topological polar surface area (TPSA) is 51.8 Å². The fourth-order valence-corrected chi connectivity index (χ4v) is 3.26. The molecule has 0 bridgehead atoms. The minimum atomic E-state index is -0.142. The zero-order chi connectivity index (χ0) is 16.9.